The number of methoxy groups -OCH3 is 1. The van der Waals surface area contributed by atoms with Crippen LogP contribution < -0.4 is 4.74 Å². The molecule has 1 aliphatic heterocycles. The van der Waals surface area contributed by atoms with Crippen LogP contribution in [-0.4, -0.2) is 42.1 Å². The lowest BCUT2D eigenvalue weighted by Crippen LogP contribution is -2.16. The van der Waals surface area contributed by atoms with E-state index in [1.807, 2.05) is 0 Å². The quantitative estimate of drug-likeness (QED) is 0.747. The third-order valence-corrected chi connectivity index (χ3v) is 6.27. The first-order valence-electron chi connectivity index (χ1n) is 6.06. The van der Waals surface area contributed by atoms with Crippen LogP contribution in [0.15, 0.2) is 29.2 Å². The van der Waals surface area contributed by atoms with Gasteiger partial charge in [0.05, 0.1) is 30.1 Å². The molecule has 1 aromatic rings. The van der Waals surface area contributed by atoms with Crippen molar-refractivity contribution in [3.8, 4) is 5.75 Å². The molecule has 0 aromatic heterocycles. The standard InChI is InChI=1S/C12H16O6S2/c1-17-11-2-4-12(5-3-11)20(15,16)18-8-10-6-7-19(13,14)9-10/h2-5,10H,6-9H2,1H3. The first kappa shape index (κ1) is 15.3. The first-order chi connectivity index (χ1) is 9.32. The van der Waals surface area contributed by atoms with E-state index < -0.39 is 20.0 Å². The Morgan fingerprint density at radius 1 is 1.25 bits per heavy atom. The highest BCUT2D eigenvalue weighted by atomic mass is 32.2. The van der Waals surface area contributed by atoms with Gasteiger partial charge in [0.1, 0.15) is 5.75 Å². The van der Waals surface area contributed by atoms with E-state index in [0.29, 0.717) is 12.2 Å². The predicted molar refractivity (Wildman–Crippen MR) is 72.9 cm³/mol. The van der Waals surface area contributed by atoms with Gasteiger partial charge in [0.15, 0.2) is 9.84 Å². The van der Waals surface area contributed by atoms with Crippen LogP contribution in [0.1, 0.15) is 6.42 Å². The summed E-state index contributed by atoms with van der Waals surface area (Å²) in [6, 6.07) is 5.83. The molecular formula is C12H16O6S2. The lowest BCUT2D eigenvalue weighted by atomic mass is 10.1. The van der Waals surface area contributed by atoms with Crippen LogP contribution in [0.3, 0.4) is 0 Å². The van der Waals surface area contributed by atoms with Crippen LogP contribution in [0.5, 0.6) is 5.75 Å². The molecule has 20 heavy (non-hydrogen) atoms. The Bertz CT molecular complexity index is 660. The van der Waals surface area contributed by atoms with Crippen molar-refractivity contribution in [2.45, 2.75) is 11.3 Å². The molecular weight excluding hydrogens is 304 g/mol. The third-order valence-electron chi connectivity index (χ3n) is 3.13. The summed E-state index contributed by atoms with van der Waals surface area (Å²) in [4.78, 5) is 0.0270. The van der Waals surface area contributed by atoms with Crippen molar-refractivity contribution in [1.82, 2.24) is 0 Å². The zero-order chi connectivity index (χ0) is 14.8. The van der Waals surface area contributed by atoms with Gasteiger partial charge in [-0.2, -0.15) is 8.42 Å². The van der Waals surface area contributed by atoms with Gasteiger partial charge in [0.25, 0.3) is 10.1 Å². The van der Waals surface area contributed by atoms with Crippen LogP contribution in [-0.2, 0) is 24.1 Å². The van der Waals surface area contributed by atoms with Gasteiger partial charge in [-0.25, -0.2) is 8.42 Å². The molecule has 1 atom stereocenters. The molecule has 1 saturated heterocycles. The van der Waals surface area contributed by atoms with Gasteiger partial charge in [-0.1, -0.05) is 0 Å². The molecule has 0 aliphatic carbocycles. The molecule has 112 valence electrons. The molecule has 1 aliphatic rings. The summed E-state index contributed by atoms with van der Waals surface area (Å²) in [6.07, 6.45) is 0.445. The van der Waals surface area contributed by atoms with Crippen LogP contribution >= 0.6 is 0 Å². The van der Waals surface area contributed by atoms with Gasteiger partial charge in [0, 0.05) is 0 Å². The fourth-order valence-electron chi connectivity index (χ4n) is 2.00. The van der Waals surface area contributed by atoms with Gasteiger partial charge in [-0.3, -0.25) is 4.18 Å². The molecule has 1 fully saturated rings. The van der Waals surface area contributed by atoms with Crippen molar-refractivity contribution in [2.75, 3.05) is 25.2 Å². The Kier molecular flexibility index (Phi) is 4.36. The maximum atomic E-state index is 11.9. The molecule has 6 nitrogen and oxygen atoms in total. The van der Waals surface area contributed by atoms with Gasteiger partial charge in [0.2, 0.25) is 0 Å². The summed E-state index contributed by atoms with van der Waals surface area (Å²) in [5.74, 6) is 0.383. The maximum absolute atomic E-state index is 11.9. The number of hydrogen-bond acceptors (Lipinski definition) is 6. The van der Waals surface area contributed by atoms with E-state index in [0.717, 1.165) is 0 Å². The molecule has 0 N–H and O–H groups in total. The predicted octanol–water partition coefficient (Wildman–Crippen LogP) is 0.835. The molecule has 2 rings (SSSR count). The van der Waals surface area contributed by atoms with E-state index in [9.17, 15) is 16.8 Å². The number of ether oxygens (including phenoxy) is 1. The Balaban J connectivity index is 2.00. The molecule has 1 heterocycles. The van der Waals surface area contributed by atoms with Crippen molar-refractivity contribution in [2.24, 2.45) is 5.92 Å². The van der Waals surface area contributed by atoms with E-state index in [2.05, 4.69) is 0 Å². The monoisotopic (exact) mass is 320 g/mol. The number of benzene rings is 1. The van der Waals surface area contributed by atoms with Crippen molar-refractivity contribution < 1.29 is 25.8 Å². The topological polar surface area (TPSA) is 86.7 Å². The second-order valence-electron chi connectivity index (χ2n) is 4.68. The van der Waals surface area contributed by atoms with E-state index in [-0.39, 0.29) is 28.9 Å². The Labute approximate surface area is 118 Å². The van der Waals surface area contributed by atoms with Gasteiger partial charge >= 0.3 is 0 Å². The summed E-state index contributed by atoms with van der Waals surface area (Å²) in [7, 11) is -5.40. The Morgan fingerprint density at radius 2 is 1.90 bits per heavy atom. The summed E-state index contributed by atoms with van der Waals surface area (Å²) < 4.78 is 56.3. The van der Waals surface area contributed by atoms with Crippen LogP contribution in [0.2, 0.25) is 0 Å². The fourth-order valence-corrected chi connectivity index (χ4v) is 4.82. The minimum atomic E-state index is -3.86. The highest BCUT2D eigenvalue weighted by molar-refractivity contribution is 7.91. The molecule has 0 spiro atoms. The van der Waals surface area contributed by atoms with Crippen molar-refractivity contribution in [3.05, 3.63) is 24.3 Å². The molecule has 0 amide bonds. The Hall–Kier alpha value is -1.12. The van der Waals surface area contributed by atoms with Crippen molar-refractivity contribution >= 4 is 20.0 Å². The minimum Gasteiger partial charge on any atom is -0.497 e. The molecule has 0 bridgehead atoms. The van der Waals surface area contributed by atoms with Crippen LogP contribution in [0, 0.1) is 5.92 Å². The second-order valence-corrected chi connectivity index (χ2v) is 8.53. The van der Waals surface area contributed by atoms with Crippen LogP contribution in [0.25, 0.3) is 0 Å². The molecule has 0 saturated carbocycles. The fraction of sp³-hybridized carbons (Fsp3) is 0.500. The van der Waals surface area contributed by atoms with E-state index >= 15 is 0 Å². The van der Waals surface area contributed by atoms with E-state index in [1.165, 1.54) is 31.4 Å². The number of rotatable bonds is 5. The maximum Gasteiger partial charge on any atom is 0.296 e. The van der Waals surface area contributed by atoms with Gasteiger partial charge in [-0.05, 0) is 36.6 Å². The first-order valence-corrected chi connectivity index (χ1v) is 9.29. The molecule has 0 radical (unpaired) electrons. The Morgan fingerprint density at radius 3 is 2.40 bits per heavy atom. The molecule has 8 heteroatoms. The van der Waals surface area contributed by atoms with Gasteiger partial charge < -0.3 is 4.74 Å². The summed E-state index contributed by atoms with van der Waals surface area (Å²) in [5, 5.41) is 0. The lowest BCUT2D eigenvalue weighted by Gasteiger charge is -2.09. The normalized spacial score (nSPS) is 21.8. The summed E-state index contributed by atoms with van der Waals surface area (Å²) >= 11 is 0. The van der Waals surface area contributed by atoms with E-state index in [1.54, 1.807) is 0 Å². The summed E-state index contributed by atoms with van der Waals surface area (Å²) in [6.45, 7) is -0.104. The van der Waals surface area contributed by atoms with Crippen LogP contribution in [0.4, 0.5) is 0 Å². The number of sulfone groups is 1. The molecule has 1 unspecified atom stereocenters. The van der Waals surface area contributed by atoms with Gasteiger partial charge in [-0.15, -0.1) is 0 Å². The highest BCUT2D eigenvalue weighted by Gasteiger charge is 2.29. The second kappa shape index (κ2) is 5.71. The highest BCUT2D eigenvalue weighted by Crippen LogP contribution is 2.22. The minimum absolute atomic E-state index is 0.00880. The largest absolute Gasteiger partial charge is 0.497 e. The zero-order valence-electron chi connectivity index (χ0n) is 11.0. The third kappa shape index (κ3) is 3.71. The smallest absolute Gasteiger partial charge is 0.296 e. The van der Waals surface area contributed by atoms with E-state index in [4.69, 9.17) is 8.92 Å². The lowest BCUT2D eigenvalue weighted by molar-refractivity contribution is 0.268. The summed E-state index contributed by atoms with van der Waals surface area (Å²) in [5.41, 5.74) is 0. The van der Waals surface area contributed by atoms with Crippen molar-refractivity contribution in [3.63, 3.8) is 0 Å². The average molecular weight is 320 g/mol. The molecule has 1 aromatic carbocycles. The number of hydrogen-bond donors (Lipinski definition) is 0. The average Bonchev–Trinajstić information content (AvgIpc) is 2.76. The van der Waals surface area contributed by atoms with Crippen molar-refractivity contribution in [1.29, 1.82) is 0 Å². The SMILES string of the molecule is COc1ccc(S(=O)(=O)OCC2CCS(=O)(=O)C2)cc1. The zero-order valence-corrected chi connectivity index (χ0v) is 12.6.